The highest BCUT2D eigenvalue weighted by molar-refractivity contribution is 5.93. The van der Waals surface area contributed by atoms with Gasteiger partial charge in [-0.05, 0) is 87.2 Å². The van der Waals surface area contributed by atoms with Crippen molar-refractivity contribution in [2.75, 3.05) is 20.6 Å². The first-order chi connectivity index (χ1) is 18.4. The molecule has 1 amide bonds. The van der Waals surface area contributed by atoms with Gasteiger partial charge in [0, 0.05) is 34.8 Å². The van der Waals surface area contributed by atoms with E-state index >= 15 is 0 Å². The van der Waals surface area contributed by atoms with Gasteiger partial charge in [-0.1, -0.05) is 60.7 Å². The molecule has 3 aromatic carbocycles. The summed E-state index contributed by atoms with van der Waals surface area (Å²) < 4.78 is 14.3. The number of rotatable bonds is 4. The predicted octanol–water partition coefficient (Wildman–Crippen LogP) is 6.63. The molecule has 2 heterocycles. The Kier molecular flexibility index (Phi) is 6.19. The Morgan fingerprint density at radius 2 is 1.68 bits per heavy atom. The van der Waals surface area contributed by atoms with Crippen LogP contribution in [0.1, 0.15) is 48.1 Å². The number of nitrogens with zero attached hydrogens (tertiary/aromatic N) is 2. The molecule has 2 aliphatic rings. The average molecular weight is 508 g/mol. The second-order valence-electron chi connectivity index (χ2n) is 11.0. The van der Waals surface area contributed by atoms with Gasteiger partial charge in [-0.2, -0.15) is 0 Å². The Morgan fingerprint density at radius 1 is 0.947 bits per heavy atom. The van der Waals surface area contributed by atoms with Crippen LogP contribution in [0.5, 0.6) is 0 Å². The van der Waals surface area contributed by atoms with Crippen molar-refractivity contribution in [1.82, 2.24) is 14.8 Å². The molecule has 6 rings (SSSR count). The summed E-state index contributed by atoms with van der Waals surface area (Å²) in [5.41, 5.74) is 4.94. The number of carbonyl (C=O) groups is 1. The van der Waals surface area contributed by atoms with E-state index in [1.54, 1.807) is 18.2 Å². The van der Waals surface area contributed by atoms with E-state index in [4.69, 9.17) is 0 Å². The zero-order valence-electron chi connectivity index (χ0n) is 22.1. The molecule has 1 aliphatic carbocycles. The maximum atomic E-state index is 14.3. The smallest absolute Gasteiger partial charge is 0.247 e. The largest absolute Gasteiger partial charge is 0.356 e. The summed E-state index contributed by atoms with van der Waals surface area (Å²) in [4.78, 5) is 21.9. The second kappa shape index (κ2) is 9.55. The topological polar surface area (TPSA) is 39.3 Å². The van der Waals surface area contributed by atoms with Crippen LogP contribution in [0, 0.1) is 5.82 Å². The number of aromatic nitrogens is 1. The Hall–Kier alpha value is -3.70. The predicted molar refractivity (Wildman–Crippen MR) is 151 cm³/mol. The molecule has 1 N–H and O–H groups in total. The minimum absolute atomic E-state index is 0.0428. The van der Waals surface area contributed by atoms with Crippen LogP contribution < -0.4 is 0 Å². The molecule has 194 valence electrons. The highest BCUT2D eigenvalue weighted by Gasteiger charge is 2.52. The normalized spacial score (nSPS) is 23.4. The lowest BCUT2D eigenvalue weighted by molar-refractivity contribution is -0.137. The number of H-pyrrole nitrogens is 1. The Bertz CT molecular complexity index is 1500. The molecular weight excluding hydrogens is 473 g/mol. The molecule has 4 nitrogen and oxygen atoms in total. The van der Waals surface area contributed by atoms with Crippen LogP contribution in [0.2, 0.25) is 0 Å². The number of hydrogen-bond donors (Lipinski definition) is 1. The fourth-order valence-corrected chi connectivity index (χ4v) is 6.94. The highest BCUT2D eigenvalue weighted by atomic mass is 19.1. The first kappa shape index (κ1) is 24.6. The molecule has 38 heavy (non-hydrogen) atoms. The standard InChI is InChI=1S/C33H34FN3O/c1-36(2)32(25-11-8-12-26(34)23-25)18-20-33(21-19-32)31-28(27-13-6-7-14-29(27)35-31)17-22-37(33)30(38)16-15-24-9-4-3-5-10-24/h3-16,23,35H,17-22H2,1-2H3/b16-15+/t32-,33+. The first-order valence-corrected chi connectivity index (χ1v) is 13.5. The monoisotopic (exact) mass is 507 g/mol. The van der Waals surface area contributed by atoms with Crippen molar-refractivity contribution < 1.29 is 9.18 Å². The zero-order valence-corrected chi connectivity index (χ0v) is 22.1. The van der Waals surface area contributed by atoms with E-state index in [9.17, 15) is 9.18 Å². The molecule has 1 saturated carbocycles. The summed E-state index contributed by atoms with van der Waals surface area (Å²) in [5.74, 6) is -0.163. The van der Waals surface area contributed by atoms with Crippen molar-refractivity contribution in [3.8, 4) is 0 Å². The zero-order chi connectivity index (χ0) is 26.3. The third-order valence-corrected chi connectivity index (χ3v) is 8.99. The van der Waals surface area contributed by atoms with Crippen LogP contribution in [-0.4, -0.2) is 41.3 Å². The van der Waals surface area contributed by atoms with E-state index in [0.29, 0.717) is 6.54 Å². The van der Waals surface area contributed by atoms with Crippen molar-refractivity contribution in [1.29, 1.82) is 0 Å². The number of nitrogens with one attached hydrogen (secondary N) is 1. The number of aromatic amines is 1. The van der Waals surface area contributed by atoms with Crippen LogP contribution in [0.3, 0.4) is 0 Å². The van der Waals surface area contributed by atoms with Crippen molar-refractivity contribution in [3.63, 3.8) is 0 Å². The fraction of sp³-hybridized carbons (Fsp3) is 0.303. The Morgan fingerprint density at radius 3 is 2.42 bits per heavy atom. The Labute approximate surface area is 223 Å². The lowest BCUT2D eigenvalue weighted by Crippen LogP contribution is -2.58. The maximum Gasteiger partial charge on any atom is 0.247 e. The van der Waals surface area contributed by atoms with Gasteiger partial charge in [0.1, 0.15) is 5.82 Å². The summed E-state index contributed by atoms with van der Waals surface area (Å²) in [6.07, 6.45) is 7.71. The van der Waals surface area contributed by atoms with Crippen molar-refractivity contribution in [2.24, 2.45) is 0 Å². The van der Waals surface area contributed by atoms with Gasteiger partial charge in [0.2, 0.25) is 5.91 Å². The van der Waals surface area contributed by atoms with Gasteiger partial charge in [-0.15, -0.1) is 0 Å². The molecule has 0 radical (unpaired) electrons. The number of hydrogen-bond acceptors (Lipinski definition) is 2. The molecule has 1 aliphatic heterocycles. The third kappa shape index (κ3) is 3.97. The lowest BCUT2D eigenvalue weighted by Gasteiger charge is -2.55. The summed E-state index contributed by atoms with van der Waals surface area (Å²) >= 11 is 0. The van der Waals surface area contributed by atoms with E-state index < -0.39 is 5.54 Å². The lowest BCUT2D eigenvalue weighted by atomic mass is 9.65. The summed E-state index contributed by atoms with van der Waals surface area (Å²) in [7, 11) is 4.17. The number of amides is 1. The van der Waals surface area contributed by atoms with E-state index in [0.717, 1.165) is 48.7 Å². The maximum absolute atomic E-state index is 14.3. The van der Waals surface area contributed by atoms with Gasteiger partial charge in [-0.25, -0.2) is 4.39 Å². The molecular formula is C33H34FN3O. The van der Waals surface area contributed by atoms with Crippen LogP contribution in [-0.2, 0) is 22.3 Å². The summed E-state index contributed by atoms with van der Waals surface area (Å²) in [6, 6.07) is 25.5. The van der Waals surface area contributed by atoms with Crippen LogP contribution in [0.4, 0.5) is 4.39 Å². The van der Waals surface area contributed by atoms with Crippen LogP contribution in [0.25, 0.3) is 17.0 Å². The molecule has 4 aromatic rings. The van der Waals surface area contributed by atoms with Crippen LogP contribution in [0.15, 0.2) is 84.9 Å². The minimum Gasteiger partial charge on any atom is -0.356 e. The molecule has 0 atom stereocenters. The first-order valence-electron chi connectivity index (χ1n) is 13.5. The van der Waals surface area contributed by atoms with Gasteiger partial charge < -0.3 is 9.88 Å². The highest BCUT2D eigenvalue weighted by Crippen LogP contribution is 2.53. The summed E-state index contributed by atoms with van der Waals surface area (Å²) in [5, 5.41) is 1.25. The van der Waals surface area contributed by atoms with Crippen molar-refractivity contribution in [2.45, 2.75) is 43.2 Å². The Balaban J connectivity index is 1.42. The SMILES string of the molecule is CN(C)[C@]1(c2cccc(F)c2)CC[C@]2(CC1)c1[nH]c3ccccc3c1CCN2C(=O)/C=C/c1ccccc1. The average Bonchev–Trinajstić information content (AvgIpc) is 3.33. The number of fused-ring (bicyclic) bond motifs is 4. The number of para-hydroxylation sites is 1. The van der Waals surface area contributed by atoms with Gasteiger partial charge in [0.05, 0.1) is 5.54 Å². The van der Waals surface area contributed by atoms with Gasteiger partial charge in [-0.3, -0.25) is 9.69 Å². The molecule has 0 bridgehead atoms. The quantitative estimate of drug-likeness (QED) is 0.315. The van der Waals surface area contributed by atoms with E-state index in [1.165, 1.54) is 22.7 Å². The number of benzene rings is 3. The summed E-state index contributed by atoms with van der Waals surface area (Å²) in [6.45, 7) is 0.682. The van der Waals surface area contributed by atoms with E-state index in [-0.39, 0.29) is 17.3 Å². The van der Waals surface area contributed by atoms with E-state index in [1.807, 2.05) is 42.5 Å². The molecule has 1 aromatic heterocycles. The minimum atomic E-state index is -0.433. The molecule has 0 saturated heterocycles. The molecule has 1 fully saturated rings. The molecule has 5 heteroatoms. The van der Waals surface area contributed by atoms with Gasteiger partial charge >= 0.3 is 0 Å². The molecule has 1 spiro atoms. The van der Waals surface area contributed by atoms with Crippen LogP contribution >= 0.6 is 0 Å². The number of carbonyl (C=O) groups excluding carboxylic acids is 1. The van der Waals surface area contributed by atoms with Crippen molar-refractivity contribution >= 4 is 22.9 Å². The van der Waals surface area contributed by atoms with Gasteiger partial charge in [0.15, 0.2) is 0 Å². The van der Waals surface area contributed by atoms with E-state index in [2.05, 4.69) is 53.1 Å². The molecule has 0 unspecified atom stereocenters. The number of halogens is 1. The fourth-order valence-electron chi connectivity index (χ4n) is 6.94. The van der Waals surface area contributed by atoms with Crippen molar-refractivity contribution in [3.05, 3.63) is 113 Å². The third-order valence-electron chi connectivity index (χ3n) is 8.99. The van der Waals surface area contributed by atoms with Gasteiger partial charge in [0.25, 0.3) is 0 Å². The second-order valence-corrected chi connectivity index (χ2v) is 11.0.